The van der Waals surface area contributed by atoms with Gasteiger partial charge >= 0.3 is 0 Å². The van der Waals surface area contributed by atoms with Gasteiger partial charge in [-0.2, -0.15) is 0 Å². The van der Waals surface area contributed by atoms with Crippen LogP contribution in [0.25, 0.3) is 0 Å². The van der Waals surface area contributed by atoms with E-state index in [-0.39, 0.29) is 5.54 Å². The van der Waals surface area contributed by atoms with Gasteiger partial charge in [-0.05, 0) is 19.4 Å². The normalized spacial score (nSPS) is 20.5. The molecule has 0 bridgehead atoms. The number of nitrogens with two attached hydrogens (primary N) is 1. The summed E-state index contributed by atoms with van der Waals surface area (Å²) < 4.78 is 0. The number of hydrogen-bond donors (Lipinski definition) is 1. The molecule has 0 radical (unpaired) electrons. The first-order valence-corrected chi connectivity index (χ1v) is 5.12. The maximum Gasteiger partial charge on any atom is 0.0384 e. The summed E-state index contributed by atoms with van der Waals surface area (Å²) in [7, 11) is 0. The molecule has 2 nitrogen and oxygen atoms in total. The van der Waals surface area contributed by atoms with E-state index in [0.717, 1.165) is 19.6 Å². The quantitative estimate of drug-likeness (QED) is 0.766. The number of nitrogens with zero attached hydrogens (tertiary/aromatic N) is 1. The average molecular weight is 190 g/mol. The molecular weight excluding hydrogens is 172 g/mol. The maximum atomic E-state index is 5.95. The largest absolute Gasteiger partial charge is 0.323 e. The molecule has 1 aliphatic rings. The van der Waals surface area contributed by atoms with Crippen molar-refractivity contribution in [3.8, 4) is 0 Å². The minimum Gasteiger partial charge on any atom is -0.323 e. The van der Waals surface area contributed by atoms with Crippen molar-refractivity contribution in [3.63, 3.8) is 0 Å². The molecule has 1 aromatic carbocycles. The van der Waals surface area contributed by atoms with Crippen molar-refractivity contribution >= 4 is 0 Å². The molecule has 2 N–H and O–H groups in total. The van der Waals surface area contributed by atoms with E-state index in [0.29, 0.717) is 0 Å². The summed E-state index contributed by atoms with van der Waals surface area (Å²) >= 11 is 0. The summed E-state index contributed by atoms with van der Waals surface area (Å²) in [6.07, 6.45) is 0. The Bertz CT molecular complexity index is 306. The van der Waals surface area contributed by atoms with Gasteiger partial charge in [-0.3, -0.25) is 4.90 Å². The van der Waals surface area contributed by atoms with Crippen molar-refractivity contribution in [1.82, 2.24) is 4.90 Å². The van der Waals surface area contributed by atoms with E-state index in [4.69, 9.17) is 5.73 Å². The van der Waals surface area contributed by atoms with Crippen LogP contribution in [0.4, 0.5) is 0 Å². The van der Waals surface area contributed by atoms with Crippen LogP contribution in [0.15, 0.2) is 24.3 Å². The van der Waals surface area contributed by atoms with E-state index in [9.17, 15) is 0 Å². The lowest BCUT2D eigenvalue weighted by atomic mass is 9.93. The van der Waals surface area contributed by atoms with Crippen molar-refractivity contribution in [2.75, 3.05) is 13.1 Å². The third-order valence-electron chi connectivity index (χ3n) is 2.70. The fourth-order valence-electron chi connectivity index (χ4n) is 2.04. The van der Waals surface area contributed by atoms with Gasteiger partial charge in [-0.15, -0.1) is 0 Å². The van der Waals surface area contributed by atoms with Crippen LogP contribution in [0, 0.1) is 6.92 Å². The Balaban J connectivity index is 1.90. The van der Waals surface area contributed by atoms with Crippen molar-refractivity contribution in [2.45, 2.75) is 25.9 Å². The van der Waals surface area contributed by atoms with Crippen LogP contribution >= 0.6 is 0 Å². The molecule has 0 atom stereocenters. The van der Waals surface area contributed by atoms with Crippen LogP contribution in [-0.4, -0.2) is 23.5 Å². The fraction of sp³-hybridized carbons (Fsp3) is 0.500. The van der Waals surface area contributed by atoms with Gasteiger partial charge < -0.3 is 5.73 Å². The highest BCUT2D eigenvalue weighted by atomic mass is 15.2. The summed E-state index contributed by atoms with van der Waals surface area (Å²) in [5, 5.41) is 0. The Morgan fingerprint density at radius 3 is 2.36 bits per heavy atom. The molecule has 1 heterocycles. The lowest BCUT2D eigenvalue weighted by Crippen LogP contribution is -2.64. The minimum absolute atomic E-state index is 0.0463. The Morgan fingerprint density at radius 1 is 1.29 bits per heavy atom. The van der Waals surface area contributed by atoms with Gasteiger partial charge in [0.05, 0.1) is 0 Å². The molecule has 1 fully saturated rings. The molecule has 14 heavy (non-hydrogen) atoms. The van der Waals surface area contributed by atoms with Gasteiger partial charge in [0.2, 0.25) is 0 Å². The molecule has 0 aliphatic carbocycles. The molecule has 2 heteroatoms. The van der Waals surface area contributed by atoms with Crippen molar-refractivity contribution < 1.29 is 0 Å². The van der Waals surface area contributed by atoms with Gasteiger partial charge in [0.25, 0.3) is 0 Å². The number of likely N-dealkylation sites (tertiary alicyclic amines) is 1. The van der Waals surface area contributed by atoms with E-state index in [1.807, 2.05) is 0 Å². The van der Waals surface area contributed by atoms with E-state index >= 15 is 0 Å². The second kappa shape index (κ2) is 3.37. The molecule has 0 aromatic heterocycles. The van der Waals surface area contributed by atoms with Gasteiger partial charge in [0.15, 0.2) is 0 Å². The molecule has 76 valence electrons. The van der Waals surface area contributed by atoms with Gasteiger partial charge in [-0.25, -0.2) is 0 Å². The zero-order valence-corrected chi connectivity index (χ0v) is 8.96. The third-order valence-corrected chi connectivity index (χ3v) is 2.70. The molecule has 1 aliphatic heterocycles. The topological polar surface area (TPSA) is 29.3 Å². The first kappa shape index (κ1) is 9.69. The van der Waals surface area contributed by atoms with E-state index in [2.05, 4.69) is 43.0 Å². The molecule has 0 spiro atoms. The van der Waals surface area contributed by atoms with Crippen molar-refractivity contribution in [1.29, 1.82) is 0 Å². The number of benzene rings is 1. The van der Waals surface area contributed by atoms with Crippen LogP contribution in [0.5, 0.6) is 0 Å². The number of rotatable bonds is 2. The monoisotopic (exact) mass is 190 g/mol. The Morgan fingerprint density at radius 2 is 1.86 bits per heavy atom. The number of hydrogen-bond acceptors (Lipinski definition) is 2. The first-order chi connectivity index (χ1) is 6.55. The highest BCUT2D eigenvalue weighted by Gasteiger charge is 2.34. The SMILES string of the molecule is Cc1ccc(CN2CC(C)(N)C2)cc1. The van der Waals surface area contributed by atoms with Crippen LogP contribution in [0.3, 0.4) is 0 Å². The molecule has 2 rings (SSSR count). The Kier molecular flexibility index (Phi) is 2.33. The summed E-state index contributed by atoms with van der Waals surface area (Å²) in [5.74, 6) is 0. The van der Waals surface area contributed by atoms with Crippen molar-refractivity contribution in [3.05, 3.63) is 35.4 Å². The minimum atomic E-state index is 0.0463. The third kappa shape index (κ3) is 2.14. The lowest BCUT2D eigenvalue weighted by molar-refractivity contribution is 0.0764. The van der Waals surface area contributed by atoms with Crippen LogP contribution in [0.1, 0.15) is 18.1 Å². The Labute approximate surface area is 85.7 Å². The first-order valence-electron chi connectivity index (χ1n) is 5.12. The predicted molar refractivity (Wildman–Crippen MR) is 59.0 cm³/mol. The number of aryl methyl sites for hydroxylation is 1. The predicted octanol–water partition coefficient (Wildman–Crippen LogP) is 1.53. The summed E-state index contributed by atoms with van der Waals surface area (Å²) in [4.78, 5) is 2.38. The summed E-state index contributed by atoms with van der Waals surface area (Å²) in [6.45, 7) is 7.29. The van der Waals surface area contributed by atoms with E-state index < -0.39 is 0 Å². The van der Waals surface area contributed by atoms with Gasteiger partial charge in [-0.1, -0.05) is 29.8 Å². The van der Waals surface area contributed by atoms with Crippen molar-refractivity contribution in [2.24, 2.45) is 5.73 Å². The molecular formula is C12H18N2. The second-order valence-electron chi connectivity index (χ2n) is 4.78. The smallest absolute Gasteiger partial charge is 0.0384 e. The second-order valence-corrected chi connectivity index (χ2v) is 4.78. The average Bonchev–Trinajstić information content (AvgIpc) is 2.06. The summed E-state index contributed by atoms with van der Waals surface area (Å²) in [5.41, 5.74) is 8.70. The Hall–Kier alpha value is -0.860. The zero-order chi connectivity index (χ0) is 10.2. The lowest BCUT2D eigenvalue weighted by Gasteiger charge is -2.45. The standard InChI is InChI=1S/C12H18N2/c1-10-3-5-11(6-4-10)7-14-8-12(2,13)9-14/h3-6H,7-9,13H2,1-2H3. The molecule has 0 unspecified atom stereocenters. The van der Waals surface area contributed by atoms with Gasteiger partial charge in [0, 0.05) is 25.2 Å². The molecule has 0 amide bonds. The molecule has 1 saturated heterocycles. The molecule has 1 aromatic rings. The summed E-state index contributed by atoms with van der Waals surface area (Å²) in [6, 6.07) is 8.72. The molecule has 0 saturated carbocycles. The zero-order valence-electron chi connectivity index (χ0n) is 8.96. The fourth-order valence-corrected chi connectivity index (χ4v) is 2.04. The highest BCUT2D eigenvalue weighted by molar-refractivity contribution is 5.21. The maximum absolute atomic E-state index is 5.95. The van der Waals surface area contributed by atoms with Crippen LogP contribution < -0.4 is 5.73 Å². The van der Waals surface area contributed by atoms with Crippen LogP contribution in [-0.2, 0) is 6.54 Å². The van der Waals surface area contributed by atoms with E-state index in [1.165, 1.54) is 11.1 Å². The van der Waals surface area contributed by atoms with Gasteiger partial charge in [0.1, 0.15) is 0 Å². The van der Waals surface area contributed by atoms with E-state index in [1.54, 1.807) is 0 Å². The highest BCUT2D eigenvalue weighted by Crippen LogP contribution is 2.19. The van der Waals surface area contributed by atoms with Crippen LogP contribution in [0.2, 0.25) is 0 Å².